The van der Waals surface area contributed by atoms with Crippen molar-refractivity contribution in [2.45, 2.75) is 18.8 Å². The summed E-state index contributed by atoms with van der Waals surface area (Å²) in [5, 5.41) is 2.47. The Bertz CT molecular complexity index is 380. The maximum atomic E-state index is 5.28. The Morgan fingerprint density at radius 1 is 1.31 bits per heavy atom. The average Bonchev–Trinajstić information content (AvgIpc) is 2.76. The minimum atomic E-state index is 0. The molecule has 16 heavy (non-hydrogen) atoms. The molecule has 2 atom stereocenters. The summed E-state index contributed by atoms with van der Waals surface area (Å²) < 4.78 is 5.28. The van der Waals surface area contributed by atoms with E-state index < -0.39 is 0 Å². The number of ether oxygens (including phenoxy) is 1. The summed E-state index contributed by atoms with van der Waals surface area (Å²) in [6.45, 7) is 2.61. The van der Waals surface area contributed by atoms with Crippen molar-refractivity contribution in [3.05, 3.63) is 29.3 Å². The number of hydrogen-bond acceptors (Lipinski definition) is 1. The van der Waals surface area contributed by atoms with Crippen LogP contribution in [-0.4, -0.2) is 20.2 Å². The molecule has 0 bridgehead atoms. The second kappa shape index (κ2) is 4.64. The Labute approximate surface area is 103 Å². The van der Waals surface area contributed by atoms with Gasteiger partial charge in [0.05, 0.1) is 20.2 Å². The van der Waals surface area contributed by atoms with Crippen molar-refractivity contribution in [2.24, 2.45) is 5.92 Å². The first-order valence-corrected chi connectivity index (χ1v) is 5.87. The van der Waals surface area contributed by atoms with Gasteiger partial charge >= 0.3 is 0 Å². The van der Waals surface area contributed by atoms with Crippen LogP contribution >= 0.6 is 0 Å². The molecule has 2 nitrogen and oxygen atoms in total. The third kappa shape index (κ3) is 1.80. The van der Waals surface area contributed by atoms with E-state index in [1.807, 2.05) is 0 Å². The van der Waals surface area contributed by atoms with Gasteiger partial charge in [-0.25, -0.2) is 0 Å². The van der Waals surface area contributed by atoms with Gasteiger partial charge in [-0.1, -0.05) is 6.07 Å². The first kappa shape index (κ1) is 11.7. The standard InChI is InChI=1S/C13H17NO.ClH/c1-15-11-4-5-12-9(6-11)2-3-10-7-14-8-13(10)12;/h4-6,10,13-14H,2-3,7-8H2,1H3;1H/t10-,13+;/m0./s1. The summed E-state index contributed by atoms with van der Waals surface area (Å²) in [6.07, 6.45) is 2.60. The van der Waals surface area contributed by atoms with Crippen LogP contribution in [0.1, 0.15) is 23.5 Å². The first-order valence-electron chi connectivity index (χ1n) is 5.87. The molecule has 1 aromatic carbocycles. The molecule has 3 heteroatoms. The van der Waals surface area contributed by atoms with Gasteiger partial charge in [-0.2, -0.15) is 0 Å². The zero-order valence-electron chi connectivity index (χ0n) is 9.58. The fourth-order valence-electron chi connectivity index (χ4n) is 3.17. The Balaban J connectivity index is 0.000000963. The van der Waals surface area contributed by atoms with Gasteiger partial charge in [0.25, 0.3) is 0 Å². The van der Waals surface area contributed by atoms with E-state index in [0.717, 1.165) is 17.6 Å². The molecule has 0 unspecified atom stereocenters. The van der Waals surface area contributed by atoms with Gasteiger partial charge in [0, 0.05) is 11.8 Å². The van der Waals surface area contributed by atoms with Crippen LogP contribution in [0, 0.1) is 5.92 Å². The Morgan fingerprint density at radius 2 is 2.19 bits per heavy atom. The Kier molecular flexibility index (Phi) is 3.41. The van der Waals surface area contributed by atoms with Crippen molar-refractivity contribution >= 4 is 0 Å². The maximum absolute atomic E-state index is 5.28. The van der Waals surface area contributed by atoms with Crippen LogP contribution in [0.2, 0.25) is 0 Å². The number of halogens is 1. The monoisotopic (exact) mass is 239 g/mol. The summed E-state index contributed by atoms with van der Waals surface area (Å²) >= 11 is 0. The fourth-order valence-corrected chi connectivity index (χ4v) is 3.17. The normalized spacial score (nSPS) is 26.6. The van der Waals surface area contributed by atoms with Crippen molar-refractivity contribution in [3.8, 4) is 5.75 Å². The molecule has 1 heterocycles. The molecule has 2 aliphatic rings. The highest BCUT2D eigenvalue weighted by molar-refractivity contribution is 5.40. The maximum Gasteiger partial charge on any atom is 0.119 e. The molecule has 1 fully saturated rings. The van der Waals surface area contributed by atoms with Gasteiger partial charge in [-0.3, -0.25) is 0 Å². The average molecular weight is 240 g/mol. The van der Waals surface area contributed by atoms with Crippen molar-refractivity contribution in [3.63, 3.8) is 0 Å². The summed E-state index contributed by atoms with van der Waals surface area (Å²) in [7, 11) is 1.75. The first-order chi connectivity index (χ1) is 7.38. The van der Waals surface area contributed by atoms with Crippen LogP contribution in [-0.2, 0) is 6.42 Å². The van der Waals surface area contributed by atoms with Crippen LogP contribution in [0.3, 0.4) is 0 Å². The number of nitrogens with two attached hydrogens (primary N) is 1. The second-order valence-electron chi connectivity index (χ2n) is 4.73. The molecular formula is C13H18ClNO. The van der Waals surface area contributed by atoms with Crippen molar-refractivity contribution in [1.82, 2.24) is 0 Å². The van der Waals surface area contributed by atoms with Crippen molar-refractivity contribution in [1.29, 1.82) is 0 Å². The highest BCUT2D eigenvalue weighted by Gasteiger charge is 2.36. The molecule has 3 rings (SSSR count). The van der Waals surface area contributed by atoms with Gasteiger partial charge < -0.3 is 22.5 Å². The highest BCUT2D eigenvalue weighted by Crippen LogP contribution is 2.37. The predicted octanol–water partition coefficient (Wildman–Crippen LogP) is -2.08. The summed E-state index contributed by atoms with van der Waals surface area (Å²) in [6, 6.07) is 6.62. The smallest absolute Gasteiger partial charge is 0.119 e. The van der Waals surface area contributed by atoms with Crippen LogP contribution in [0.15, 0.2) is 18.2 Å². The van der Waals surface area contributed by atoms with E-state index >= 15 is 0 Å². The quantitative estimate of drug-likeness (QED) is 0.599. The second-order valence-corrected chi connectivity index (χ2v) is 4.73. The molecule has 1 aliphatic heterocycles. The van der Waals surface area contributed by atoms with E-state index in [9.17, 15) is 0 Å². The lowest BCUT2D eigenvalue weighted by Crippen LogP contribution is -3.00. The van der Waals surface area contributed by atoms with E-state index in [1.165, 1.54) is 31.5 Å². The van der Waals surface area contributed by atoms with Crippen LogP contribution in [0.5, 0.6) is 5.75 Å². The zero-order chi connectivity index (χ0) is 10.3. The fraction of sp³-hybridized carbons (Fsp3) is 0.538. The number of methoxy groups -OCH3 is 1. The topological polar surface area (TPSA) is 25.8 Å². The molecule has 1 aromatic rings. The van der Waals surface area contributed by atoms with Crippen LogP contribution in [0.4, 0.5) is 0 Å². The van der Waals surface area contributed by atoms with E-state index in [4.69, 9.17) is 4.74 Å². The Morgan fingerprint density at radius 3 is 3.00 bits per heavy atom. The van der Waals surface area contributed by atoms with E-state index in [1.54, 1.807) is 12.7 Å². The van der Waals surface area contributed by atoms with Gasteiger partial charge in [-0.15, -0.1) is 0 Å². The summed E-state index contributed by atoms with van der Waals surface area (Å²) in [5.41, 5.74) is 3.10. The predicted molar refractivity (Wildman–Crippen MR) is 59.2 cm³/mol. The minimum absolute atomic E-state index is 0. The number of aryl methyl sites for hydroxylation is 1. The third-order valence-electron chi connectivity index (χ3n) is 3.99. The van der Waals surface area contributed by atoms with E-state index in [-0.39, 0.29) is 12.4 Å². The van der Waals surface area contributed by atoms with Gasteiger partial charge in [0.15, 0.2) is 0 Å². The Hall–Kier alpha value is -0.730. The zero-order valence-corrected chi connectivity index (χ0v) is 10.3. The molecule has 1 aliphatic carbocycles. The molecule has 2 N–H and O–H groups in total. The van der Waals surface area contributed by atoms with Gasteiger partial charge in [0.1, 0.15) is 5.75 Å². The number of benzene rings is 1. The molecule has 0 amide bonds. The lowest BCUT2D eigenvalue weighted by Gasteiger charge is -2.25. The molecule has 0 aromatic heterocycles. The number of hydrogen-bond donors (Lipinski definition) is 1. The number of rotatable bonds is 1. The van der Waals surface area contributed by atoms with E-state index in [0.29, 0.717) is 0 Å². The SMILES string of the molecule is COc1ccc2c(c1)CC[C@H]1C[NH2+]C[C@@H]21.[Cl-]. The summed E-state index contributed by atoms with van der Waals surface area (Å²) in [4.78, 5) is 0. The number of fused-ring (bicyclic) bond motifs is 3. The third-order valence-corrected chi connectivity index (χ3v) is 3.99. The van der Waals surface area contributed by atoms with Gasteiger partial charge in [0.2, 0.25) is 0 Å². The molecule has 88 valence electrons. The van der Waals surface area contributed by atoms with Crippen molar-refractivity contribution in [2.75, 3.05) is 20.2 Å². The highest BCUT2D eigenvalue weighted by atomic mass is 35.5. The van der Waals surface area contributed by atoms with Crippen LogP contribution in [0.25, 0.3) is 0 Å². The number of quaternary nitrogens is 1. The van der Waals surface area contributed by atoms with E-state index in [2.05, 4.69) is 23.5 Å². The largest absolute Gasteiger partial charge is 1.00 e. The molecule has 0 spiro atoms. The van der Waals surface area contributed by atoms with Gasteiger partial charge in [-0.05, 0) is 36.1 Å². The molecule has 0 radical (unpaired) electrons. The lowest BCUT2D eigenvalue weighted by atomic mass is 9.77. The summed E-state index contributed by atoms with van der Waals surface area (Å²) in [5.74, 6) is 2.74. The van der Waals surface area contributed by atoms with Crippen LogP contribution < -0.4 is 22.5 Å². The molecule has 1 saturated heterocycles. The lowest BCUT2D eigenvalue weighted by molar-refractivity contribution is -0.638. The minimum Gasteiger partial charge on any atom is -1.00 e. The molecule has 0 saturated carbocycles. The molecular weight excluding hydrogens is 222 g/mol. The van der Waals surface area contributed by atoms with Crippen molar-refractivity contribution < 1.29 is 22.5 Å².